The molecule has 74 valence electrons. The van der Waals surface area contributed by atoms with Crippen molar-refractivity contribution in [2.75, 3.05) is 6.26 Å². The molecule has 0 bridgehead atoms. The van der Waals surface area contributed by atoms with Crippen LogP contribution in [0, 0.1) is 0 Å². The van der Waals surface area contributed by atoms with Crippen LogP contribution in [0.3, 0.4) is 0 Å². The molecule has 0 aliphatic rings. The lowest BCUT2D eigenvalue weighted by molar-refractivity contribution is 0.599. The molecule has 0 fully saturated rings. The largest absolute Gasteiger partial charge is 0.346 e. The fraction of sp³-hybridized carbons (Fsp3) is 0.111. The van der Waals surface area contributed by atoms with Crippen molar-refractivity contribution in [1.82, 2.24) is 4.98 Å². The SMILES string of the molecule is CS(=O)(=O)c1cc2cc(Br)ccc2[nH]1. The van der Waals surface area contributed by atoms with Crippen molar-refractivity contribution in [1.29, 1.82) is 0 Å². The first-order valence-corrected chi connectivity index (χ1v) is 6.63. The highest BCUT2D eigenvalue weighted by Gasteiger charge is 2.10. The van der Waals surface area contributed by atoms with E-state index in [1.54, 1.807) is 6.07 Å². The molecule has 0 saturated heterocycles. The van der Waals surface area contributed by atoms with E-state index in [2.05, 4.69) is 20.9 Å². The van der Waals surface area contributed by atoms with Crippen LogP contribution in [0.4, 0.5) is 0 Å². The van der Waals surface area contributed by atoms with Gasteiger partial charge in [-0.25, -0.2) is 8.42 Å². The first-order chi connectivity index (χ1) is 6.47. The van der Waals surface area contributed by atoms with Gasteiger partial charge in [0.15, 0.2) is 9.84 Å². The molecule has 0 unspecified atom stereocenters. The van der Waals surface area contributed by atoms with Gasteiger partial charge in [-0.15, -0.1) is 0 Å². The summed E-state index contributed by atoms with van der Waals surface area (Å²) in [5.41, 5.74) is 0.827. The van der Waals surface area contributed by atoms with Gasteiger partial charge in [0.1, 0.15) is 5.03 Å². The minimum atomic E-state index is -3.15. The second-order valence-corrected chi connectivity index (χ2v) is 6.04. The smallest absolute Gasteiger partial charge is 0.190 e. The molecule has 0 aliphatic carbocycles. The number of fused-ring (bicyclic) bond motifs is 1. The Bertz CT molecular complexity index is 586. The predicted octanol–water partition coefficient (Wildman–Crippen LogP) is 2.33. The molecule has 0 radical (unpaired) electrons. The molecule has 1 N–H and O–H groups in total. The summed E-state index contributed by atoms with van der Waals surface area (Å²) in [5, 5.41) is 1.14. The average molecular weight is 274 g/mol. The van der Waals surface area contributed by atoms with Crippen molar-refractivity contribution >= 4 is 36.7 Å². The monoisotopic (exact) mass is 273 g/mol. The fourth-order valence-corrected chi connectivity index (χ4v) is 2.29. The summed E-state index contributed by atoms with van der Waals surface area (Å²) in [6.07, 6.45) is 1.19. The normalized spacial score (nSPS) is 12.1. The lowest BCUT2D eigenvalue weighted by atomic mass is 10.3. The van der Waals surface area contributed by atoms with E-state index in [0.717, 1.165) is 15.4 Å². The van der Waals surface area contributed by atoms with Crippen LogP contribution >= 0.6 is 15.9 Å². The molecule has 1 aromatic carbocycles. The summed E-state index contributed by atoms with van der Waals surface area (Å²) < 4.78 is 23.4. The fourth-order valence-electron chi connectivity index (χ4n) is 1.28. The summed E-state index contributed by atoms with van der Waals surface area (Å²) in [4.78, 5) is 2.85. The van der Waals surface area contributed by atoms with Gasteiger partial charge in [-0.05, 0) is 24.3 Å². The van der Waals surface area contributed by atoms with Gasteiger partial charge in [0.05, 0.1) is 0 Å². The number of nitrogens with one attached hydrogen (secondary N) is 1. The van der Waals surface area contributed by atoms with Crippen LogP contribution < -0.4 is 0 Å². The van der Waals surface area contributed by atoms with E-state index in [1.165, 1.54) is 6.26 Å². The zero-order valence-corrected chi connectivity index (χ0v) is 9.81. The minimum Gasteiger partial charge on any atom is -0.346 e. The van der Waals surface area contributed by atoms with E-state index in [-0.39, 0.29) is 5.03 Å². The molecular weight excluding hydrogens is 266 g/mol. The average Bonchev–Trinajstić information content (AvgIpc) is 2.45. The maximum absolute atomic E-state index is 11.2. The van der Waals surface area contributed by atoms with E-state index in [4.69, 9.17) is 0 Å². The molecule has 2 aromatic rings. The maximum Gasteiger partial charge on any atom is 0.190 e. The number of sulfone groups is 1. The molecule has 0 amide bonds. The second-order valence-electron chi connectivity index (χ2n) is 3.14. The Morgan fingerprint density at radius 3 is 2.64 bits per heavy atom. The molecule has 14 heavy (non-hydrogen) atoms. The summed E-state index contributed by atoms with van der Waals surface area (Å²) in [5.74, 6) is 0. The zero-order valence-electron chi connectivity index (χ0n) is 7.41. The summed E-state index contributed by atoms with van der Waals surface area (Å²) in [6.45, 7) is 0. The number of halogens is 1. The van der Waals surface area contributed by atoms with Crippen LogP contribution in [0.5, 0.6) is 0 Å². The molecule has 0 spiro atoms. The van der Waals surface area contributed by atoms with Crippen molar-refractivity contribution in [3.8, 4) is 0 Å². The van der Waals surface area contributed by atoms with Gasteiger partial charge in [-0.2, -0.15) is 0 Å². The first kappa shape index (κ1) is 9.73. The number of hydrogen-bond acceptors (Lipinski definition) is 2. The molecule has 0 atom stereocenters. The topological polar surface area (TPSA) is 49.9 Å². The Morgan fingerprint density at radius 2 is 2.00 bits per heavy atom. The van der Waals surface area contributed by atoms with Crippen LogP contribution in [-0.4, -0.2) is 19.7 Å². The van der Waals surface area contributed by atoms with Crippen molar-refractivity contribution in [2.24, 2.45) is 0 Å². The van der Waals surface area contributed by atoms with Crippen molar-refractivity contribution < 1.29 is 8.42 Å². The summed E-state index contributed by atoms with van der Waals surface area (Å²) in [6, 6.07) is 7.22. The molecule has 0 saturated carbocycles. The van der Waals surface area contributed by atoms with Crippen LogP contribution in [-0.2, 0) is 9.84 Å². The second kappa shape index (κ2) is 3.10. The van der Waals surface area contributed by atoms with E-state index < -0.39 is 9.84 Å². The van der Waals surface area contributed by atoms with E-state index in [0.29, 0.717) is 0 Å². The molecule has 0 aliphatic heterocycles. The third-order valence-corrected chi connectivity index (χ3v) is 3.47. The first-order valence-electron chi connectivity index (χ1n) is 3.95. The molecule has 3 nitrogen and oxygen atoms in total. The minimum absolute atomic E-state index is 0.255. The summed E-state index contributed by atoms with van der Waals surface area (Å²) in [7, 11) is -3.15. The zero-order chi connectivity index (χ0) is 10.3. The highest BCUT2D eigenvalue weighted by atomic mass is 79.9. The number of hydrogen-bond donors (Lipinski definition) is 1. The third kappa shape index (κ3) is 1.69. The number of benzene rings is 1. The van der Waals surface area contributed by atoms with E-state index >= 15 is 0 Å². The predicted molar refractivity (Wildman–Crippen MR) is 59.1 cm³/mol. The van der Waals surface area contributed by atoms with Crippen LogP contribution in [0.25, 0.3) is 10.9 Å². The Morgan fingerprint density at radius 1 is 1.29 bits per heavy atom. The van der Waals surface area contributed by atoms with Crippen molar-refractivity contribution in [3.05, 3.63) is 28.7 Å². The molecular formula is C9H8BrNO2S. The van der Waals surface area contributed by atoms with Gasteiger partial charge in [-0.3, -0.25) is 0 Å². The van der Waals surface area contributed by atoms with E-state index in [9.17, 15) is 8.42 Å². The van der Waals surface area contributed by atoms with Crippen LogP contribution in [0.2, 0.25) is 0 Å². The Labute approximate surface area is 90.2 Å². The van der Waals surface area contributed by atoms with Gasteiger partial charge < -0.3 is 4.98 Å². The van der Waals surface area contributed by atoms with E-state index in [1.807, 2.05) is 18.2 Å². The quantitative estimate of drug-likeness (QED) is 0.867. The Balaban J connectivity index is 2.75. The Kier molecular flexibility index (Phi) is 2.16. The van der Waals surface area contributed by atoms with Crippen LogP contribution in [0.15, 0.2) is 33.8 Å². The highest BCUT2D eigenvalue weighted by Crippen LogP contribution is 2.22. The lowest BCUT2D eigenvalue weighted by Gasteiger charge is -1.90. The molecule has 1 aromatic heterocycles. The Hall–Kier alpha value is -0.810. The lowest BCUT2D eigenvalue weighted by Crippen LogP contribution is -1.96. The number of rotatable bonds is 1. The van der Waals surface area contributed by atoms with Gasteiger partial charge in [0, 0.05) is 21.6 Å². The summed E-state index contributed by atoms with van der Waals surface area (Å²) >= 11 is 3.33. The van der Waals surface area contributed by atoms with Crippen molar-refractivity contribution in [3.63, 3.8) is 0 Å². The third-order valence-electron chi connectivity index (χ3n) is 1.96. The number of aromatic nitrogens is 1. The molecule has 5 heteroatoms. The molecule has 2 rings (SSSR count). The van der Waals surface area contributed by atoms with Gasteiger partial charge in [-0.1, -0.05) is 15.9 Å². The van der Waals surface area contributed by atoms with Crippen molar-refractivity contribution in [2.45, 2.75) is 5.03 Å². The van der Waals surface area contributed by atoms with Gasteiger partial charge in [0.2, 0.25) is 0 Å². The maximum atomic E-state index is 11.2. The van der Waals surface area contributed by atoms with Gasteiger partial charge in [0.25, 0.3) is 0 Å². The number of H-pyrrole nitrogens is 1. The number of aromatic amines is 1. The van der Waals surface area contributed by atoms with Gasteiger partial charge >= 0.3 is 0 Å². The van der Waals surface area contributed by atoms with Crippen LogP contribution in [0.1, 0.15) is 0 Å². The highest BCUT2D eigenvalue weighted by molar-refractivity contribution is 9.10. The standard InChI is InChI=1S/C9H8BrNO2S/c1-14(12,13)9-5-6-4-7(10)2-3-8(6)11-9/h2-5,11H,1H3. The molecule has 1 heterocycles.